The molecule has 44 heavy (non-hydrogen) atoms. The summed E-state index contributed by atoms with van der Waals surface area (Å²) in [6, 6.07) is 0.287. The number of hydrogen-bond acceptors (Lipinski definition) is 4. The Morgan fingerprint density at radius 2 is 0.682 bits per heavy atom. The Morgan fingerprint density at radius 1 is 0.409 bits per heavy atom. The van der Waals surface area contributed by atoms with Gasteiger partial charge in [-0.05, 0) is 32.4 Å². The first-order valence-electron chi connectivity index (χ1n) is 19.4. The van der Waals surface area contributed by atoms with Crippen LogP contribution in [0.25, 0.3) is 0 Å². The third-order valence-electron chi connectivity index (χ3n) is 8.74. The average molecular weight is 670 g/mol. The third kappa shape index (κ3) is 42.4. The lowest BCUT2D eigenvalue weighted by atomic mass is 10.0. The Labute approximate surface area is 290 Å². The zero-order chi connectivity index (χ0) is 30.4. The van der Waals surface area contributed by atoms with E-state index in [0.29, 0.717) is 0 Å². The summed E-state index contributed by atoms with van der Waals surface area (Å²) >= 11 is 0. The highest BCUT2D eigenvalue weighted by molar-refractivity contribution is 5.85. The van der Waals surface area contributed by atoms with Crippen molar-refractivity contribution in [1.29, 1.82) is 0 Å². The van der Waals surface area contributed by atoms with Gasteiger partial charge in [0.25, 0.3) is 0 Å². The average Bonchev–Trinajstić information content (AvgIpc) is 3.00. The summed E-state index contributed by atoms with van der Waals surface area (Å²) in [4.78, 5) is 0. The summed E-state index contributed by atoms with van der Waals surface area (Å²) < 4.78 is 12.1. The smallest absolute Gasteiger partial charge is 0.0642 e. The minimum atomic E-state index is 0. The summed E-state index contributed by atoms with van der Waals surface area (Å²) in [7, 11) is 0. The molecule has 0 aromatic carbocycles. The Kier molecular flexibility index (Phi) is 50.5. The van der Waals surface area contributed by atoms with Gasteiger partial charge in [0.15, 0.2) is 0 Å². The highest BCUT2D eigenvalue weighted by Gasteiger charge is 2.08. The minimum absolute atomic E-state index is 0. The van der Waals surface area contributed by atoms with Gasteiger partial charge in [-0.2, -0.15) is 0 Å². The second-order valence-corrected chi connectivity index (χ2v) is 13.1. The van der Waals surface area contributed by atoms with Crippen LogP contribution in [0.15, 0.2) is 0 Å². The van der Waals surface area contributed by atoms with Gasteiger partial charge in [0.1, 0.15) is 0 Å². The van der Waals surface area contributed by atoms with Crippen molar-refractivity contribution in [2.45, 2.75) is 206 Å². The van der Waals surface area contributed by atoms with E-state index in [0.717, 1.165) is 45.9 Å². The minimum Gasteiger partial charge on any atom is -0.380 e. The summed E-state index contributed by atoms with van der Waals surface area (Å²) in [6.45, 7) is 9.54. The molecule has 0 rings (SSSR count). The van der Waals surface area contributed by atoms with Crippen molar-refractivity contribution in [2.24, 2.45) is 5.73 Å². The Hall–Kier alpha value is 0.420. The molecule has 0 aromatic rings. The van der Waals surface area contributed by atoms with E-state index in [1.807, 2.05) is 0 Å². The number of unbranched alkanes of at least 4 members (excludes halogenated alkanes) is 26. The van der Waals surface area contributed by atoms with Crippen LogP contribution in [0.3, 0.4) is 0 Å². The van der Waals surface area contributed by atoms with Crippen molar-refractivity contribution < 1.29 is 9.47 Å². The Balaban J connectivity index is -0.00000840. The van der Waals surface area contributed by atoms with E-state index in [1.165, 1.54) is 180 Å². The molecule has 0 amide bonds. The quantitative estimate of drug-likeness (QED) is 0.0643. The number of hydrogen-bond donors (Lipinski definition) is 2. The standard InChI is InChI=1S/C38H80N2O2.2ClH/c1-3-5-7-9-11-13-15-17-19-21-23-25-27-29-34-41-36-38(40-33-31-32-39)37-42-35-30-28-26-24-22-20-18-16-14-12-10-8-6-4-2;;/h38,40H,3-37,39H2,1-2H3;2*1H. The number of ether oxygens (including phenoxy) is 2. The molecule has 0 aliphatic heterocycles. The van der Waals surface area contributed by atoms with Gasteiger partial charge in [-0.15, -0.1) is 24.8 Å². The van der Waals surface area contributed by atoms with Gasteiger partial charge in [-0.25, -0.2) is 0 Å². The van der Waals surface area contributed by atoms with Gasteiger partial charge < -0.3 is 20.5 Å². The molecule has 0 spiro atoms. The van der Waals surface area contributed by atoms with E-state index < -0.39 is 0 Å². The molecule has 270 valence electrons. The predicted octanol–water partition coefficient (Wildman–Crippen LogP) is 12.1. The summed E-state index contributed by atoms with van der Waals surface area (Å²) in [5, 5.41) is 3.60. The Bertz CT molecular complexity index is 438. The fourth-order valence-corrected chi connectivity index (χ4v) is 5.82. The molecule has 0 aliphatic rings. The molecule has 0 radical (unpaired) electrons. The Morgan fingerprint density at radius 3 is 0.955 bits per heavy atom. The van der Waals surface area contributed by atoms with Gasteiger partial charge >= 0.3 is 0 Å². The van der Waals surface area contributed by atoms with E-state index in [9.17, 15) is 0 Å². The zero-order valence-electron chi connectivity index (χ0n) is 30.0. The zero-order valence-corrected chi connectivity index (χ0v) is 31.7. The van der Waals surface area contributed by atoms with Crippen molar-refractivity contribution in [3.05, 3.63) is 0 Å². The van der Waals surface area contributed by atoms with Crippen LogP contribution in [-0.4, -0.2) is 45.6 Å². The van der Waals surface area contributed by atoms with Crippen LogP contribution in [0.1, 0.15) is 200 Å². The largest absolute Gasteiger partial charge is 0.380 e. The second-order valence-electron chi connectivity index (χ2n) is 13.1. The normalized spacial score (nSPS) is 11.2. The topological polar surface area (TPSA) is 56.5 Å². The van der Waals surface area contributed by atoms with Crippen molar-refractivity contribution >= 4 is 24.8 Å². The maximum absolute atomic E-state index is 6.04. The van der Waals surface area contributed by atoms with Gasteiger partial charge in [-0.3, -0.25) is 0 Å². The molecule has 0 bridgehead atoms. The van der Waals surface area contributed by atoms with E-state index in [1.54, 1.807) is 0 Å². The van der Waals surface area contributed by atoms with Crippen LogP contribution >= 0.6 is 24.8 Å². The first-order valence-corrected chi connectivity index (χ1v) is 19.4. The molecule has 0 heterocycles. The first kappa shape index (κ1) is 48.8. The van der Waals surface area contributed by atoms with Gasteiger partial charge in [0, 0.05) is 13.2 Å². The van der Waals surface area contributed by atoms with E-state index in [4.69, 9.17) is 15.2 Å². The molecule has 0 aliphatic carbocycles. The van der Waals surface area contributed by atoms with Crippen LogP contribution in [0.5, 0.6) is 0 Å². The lowest BCUT2D eigenvalue weighted by Gasteiger charge is -2.19. The van der Waals surface area contributed by atoms with Crippen molar-refractivity contribution in [3.8, 4) is 0 Å². The lowest BCUT2D eigenvalue weighted by Crippen LogP contribution is -2.39. The molecular formula is C38H82Cl2N2O2. The van der Waals surface area contributed by atoms with Crippen LogP contribution in [0.2, 0.25) is 0 Å². The number of nitrogens with one attached hydrogen (secondary N) is 1. The monoisotopic (exact) mass is 669 g/mol. The van der Waals surface area contributed by atoms with E-state index in [2.05, 4.69) is 19.2 Å². The highest BCUT2D eigenvalue weighted by Crippen LogP contribution is 2.14. The number of nitrogens with two attached hydrogens (primary N) is 1. The summed E-state index contributed by atoms with van der Waals surface area (Å²) in [5.74, 6) is 0. The van der Waals surface area contributed by atoms with Gasteiger partial charge in [0.2, 0.25) is 0 Å². The van der Waals surface area contributed by atoms with Crippen molar-refractivity contribution in [1.82, 2.24) is 5.32 Å². The molecule has 0 saturated heterocycles. The number of rotatable bonds is 38. The fourth-order valence-electron chi connectivity index (χ4n) is 5.82. The second kappa shape index (κ2) is 45.5. The van der Waals surface area contributed by atoms with E-state index >= 15 is 0 Å². The summed E-state index contributed by atoms with van der Waals surface area (Å²) in [6.07, 6.45) is 40.1. The SMILES string of the molecule is CCCCCCCCCCCCCCCCOCC(COCCCCCCCCCCCCCCCC)NCCCN.Cl.Cl. The highest BCUT2D eigenvalue weighted by atomic mass is 35.5. The fraction of sp³-hybridized carbons (Fsp3) is 1.00. The maximum atomic E-state index is 6.04. The van der Waals surface area contributed by atoms with Crippen molar-refractivity contribution in [3.63, 3.8) is 0 Å². The van der Waals surface area contributed by atoms with Gasteiger partial charge in [0.05, 0.1) is 19.3 Å². The predicted molar refractivity (Wildman–Crippen MR) is 202 cm³/mol. The molecule has 0 aromatic heterocycles. The van der Waals surface area contributed by atoms with Crippen LogP contribution < -0.4 is 11.1 Å². The molecule has 6 heteroatoms. The van der Waals surface area contributed by atoms with Crippen LogP contribution in [0.4, 0.5) is 0 Å². The first-order chi connectivity index (χ1) is 20.8. The molecule has 0 unspecified atom stereocenters. The van der Waals surface area contributed by atoms with E-state index in [-0.39, 0.29) is 30.9 Å². The molecule has 0 fully saturated rings. The molecule has 4 nitrogen and oxygen atoms in total. The number of halogens is 2. The van der Waals surface area contributed by atoms with Crippen LogP contribution in [-0.2, 0) is 9.47 Å². The van der Waals surface area contributed by atoms with Crippen LogP contribution in [0, 0.1) is 0 Å². The van der Waals surface area contributed by atoms with Crippen molar-refractivity contribution in [2.75, 3.05) is 39.5 Å². The molecule has 0 saturated carbocycles. The molecular weight excluding hydrogens is 587 g/mol. The summed E-state index contributed by atoms with van der Waals surface area (Å²) in [5.41, 5.74) is 5.69. The maximum Gasteiger partial charge on any atom is 0.0642 e. The lowest BCUT2D eigenvalue weighted by molar-refractivity contribution is 0.0529. The molecule has 3 N–H and O–H groups in total. The molecule has 0 atom stereocenters. The van der Waals surface area contributed by atoms with Gasteiger partial charge in [-0.1, -0.05) is 181 Å². The third-order valence-corrected chi connectivity index (χ3v) is 8.74.